The summed E-state index contributed by atoms with van der Waals surface area (Å²) in [6.07, 6.45) is 1.60. The maximum Gasteiger partial charge on any atom is 0.260 e. The van der Waals surface area contributed by atoms with Crippen LogP contribution in [0, 0.1) is 6.92 Å². The lowest BCUT2D eigenvalue weighted by atomic mass is 10.1. The Morgan fingerprint density at radius 2 is 2.04 bits per heavy atom. The van der Waals surface area contributed by atoms with Gasteiger partial charge in [-0.05, 0) is 39.8 Å². The Morgan fingerprint density at radius 1 is 1.26 bits per heavy atom. The summed E-state index contributed by atoms with van der Waals surface area (Å²) < 4.78 is 7.69. The number of para-hydroxylation sites is 1. The summed E-state index contributed by atoms with van der Waals surface area (Å²) in [4.78, 5) is 17.1. The third kappa shape index (κ3) is 3.26. The third-order valence-corrected chi connectivity index (χ3v) is 5.05. The highest BCUT2D eigenvalue weighted by molar-refractivity contribution is 7.14. The van der Waals surface area contributed by atoms with Crippen LogP contribution in [0.1, 0.15) is 36.8 Å². The van der Waals surface area contributed by atoms with E-state index >= 15 is 0 Å². The molecule has 0 unspecified atom stereocenters. The van der Waals surface area contributed by atoms with Gasteiger partial charge in [0.2, 0.25) is 0 Å². The molecule has 0 aliphatic heterocycles. The minimum atomic E-state index is -0.214. The number of amides is 1. The number of nitrogens with zero attached hydrogens (tertiary/aromatic N) is 3. The van der Waals surface area contributed by atoms with Crippen LogP contribution < -0.4 is 5.32 Å². The van der Waals surface area contributed by atoms with Crippen LogP contribution in [-0.4, -0.2) is 20.7 Å². The van der Waals surface area contributed by atoms with Crippen molar-refractivity contribution in [2.24, 2.45) is 0 Å². The predicted octanol–water partition coefficient (Wildman–Crippen LogP) is 5.07. The number of aromatic nitrogens is 3. The number of fused-ring (bicyclic) bond motifs is 1. The van der Waals surface area contributed by atoms with E-state index in [2.05, 4.69) is 36.2 Å². The van der Waals surface area contributed by atoms with Gasteiger partial charge >= 0.3 is 0 Å². The molecule has 3 aromatic heterocycles. The lowest BCUT2D eigenvalue weighted by Gasteiger charge is -2.21. The summed E-state index contributed by atoms with van der Waals surface area (Å²) in [5.41, 5.74) is 2.71. The molecule has 0 fully saturated rings. The number of carbonyl (C=O) groups excluding carboxylic acids is 1. The van der Waals surface area contributed by atoms with Crippen LogP contribution in [0.2, 0.25) is 0 Å². The molecule has 138 valence electrons. The van der Waals surface area contributed by atoms with Crippen LogP contribution in [0.25, 0.3) is 22.4 Å². The first-order valence-corrected chi connectivity index (χ1v) is 9.52. The molecule has 27 heavy (non-hydrogen) atoms. The second-order valence-corrected chi connectivity index (χ2v) is 8.22. The molecule has 0 bridgehead atoms. The van der Waals surface area contributed by atoms with Gasteiger partial charge in [0.25, 0.3) is 5.91 Å². The fourth-order valence-corrected chi connectivity index (χ4v) is 3.72. The molecule has 7 heteroatoms. The second kappa shape index (κ2) is 6.35. The van der Waals surface area contributed by atoms with Crippen LogP contribution in [0.5, 0.6) is 0 Å². The van der Waals surface area contributed by atoms with Crippen molar-refractivity contribution in [2.75, 3.05) is 5.32 Å². The molecule has 6 nitrogen and oxygen atoms in total. The summed E-state index contributed by atoms with van der Waals surface area (Å²) in [7, 11) is 0. The van der Waals surface area contributed by atoms with Gasteiger partial charge in [-0.25, -0.2) is 4.98 Å². The number of hydrogen-bond acceptors (Lipinski definition) is 5. The molecule has 0 spiro atoms. The van der Waals surface area contributed by atoms with E-state index in [0.29, 0.717) is 22.1 Å². The van der Waals surface area contributed by atoms with E-state index in [1.54, 1.807) is 6.20 Å². The van der Waals surface area contributed by atoms with E-state index in [0.717, 1.165) is 16.7 Å². The van der Waals surface area contributed by atoms with Crippen molar-refractivity contribution in [3.63, 3.8) is 0 Å². The molecular weight excluding hydrogens is 360 g/mol. The highest BCUT2D eigenvalue weighted by Crippen LogP contribution is 2.30. The molecule has 1 amide bonds. The van der Waals surface area contributed by atoms with Crippen LogP contribution in [0.4, 0.5) is 5.13 Å². The highest BCUT2D eigenvalue weighted by Gasteiger charge is 2.22. The SMILES string of the molecule is Cc1c(C(=O)Nc2nc(-c3cc4ccccc4o3)cs2)cnn1C(C)(C)C. The van der Waals surface area contributed by atoms with Crippen molar-refractivity contribution in [3.05, 3.63) is 53.2 Å². The average molecular weight is 380 g/mol. The summed E-state index contributed by atoms with van der Waals surface area (Å²) in [5.74, 6) is 0.471. The first-order chi connectivity index (χ1) is 12.8. The number of furan rings is 1. The largest absolute Gasteiger partial charge is 0.454 e. The van der Waals surface area contributed by atoms with Gasteiger partial charge in [-0.3, -0.25) is 14.8 Å². The Kier molecular flexibility index (Phi) is 4.11. The van der Waals surface area contributed by atoms with Gasteiger partial charge < -0.3 is 4.42 Å². The molecule has 4 rings (SSSR count). The van der Waals surface area contributed by atoms with Crippen LogP contribution in [0.3, 0.4) is 0 Å². The van der Waals surface area contributed by atoms with E-state index in [1.165, 1.54) is 11.3 Å². The van der Waals surface area contributed by atoms with E-state index in [9.17, 15) is 4.79 Å². The lowest BCUT2D eigenvalue weighted by molar-refractivity contribution is 0.102. The fourth-order valence-electron chi connectivity index (χ4n) is 3.03. The topological polar surface area (TPSA) is 73.0 Å². The molecule has 0 aliphatic rings. The van der Waals surface area contributed by atoms with Gasteiger partial charge in [-0.15, -0.1) is 11.3 Å². The molecule has 0 aliphatic carbocycles. The first kappa shape index (κ1) is 17.5. The number of thiazole rings is 1. The highest BCUT2D eigenvalue weighted by atomic mass is 32.1. The van der Waals surface area contributed by atoms with E-state index in [1.807, 2.05) is 47.3 Å². The molecule has 4 aromatic rings. The first-order valence-electron chi connectivity index (χ1n) is 8.64. The van der Waals surface area contributed by atoms with Crippen molar-refractivity contribution in [3.8, 4) is 11.5 Å². The van der Waals surface area contributed by atoms with E-state index in [4.69, 9.17) is 4.42 Å². The number of rotatable bonds is 3. The van der Waals surface area contributed by atoms with Crippen molar-refractivity contribution in [1.82, 2.24) is 14.8 Å². The standard InChI is InChI=1S/C20H20N4O2S/c1-12-14(10-21-24(12)20(2,3)4)18(25)23-19-22-15(11-27-19)17-9-13-7-5-6-8-16(13)26-17/h5-11H,1-4H3,(H,22,23,25). The summed E-state index contributed by atoms with van der Waals surface area (Å²) in [5, 5.41) is 10.6. The number of benzene rings is 1. The summed E-state index contributed by atoms with van der Waals surface area (Å²) >= 11 is 1.37. The van der Waals surface area contributed by atoms with Crippen LogP contribution >= 0.6 is 11.3 Å². The summed E-state index contributed by atoms with van der Waals surface area (Å²) in [6, 6.07) is 9.76. The Morgan fingerprint density at radius 3 is 2.74 bits per heavy atom. The second-order valence-electron chi connectivity index (χ2n) is 7.37. The number of anilines is 1. The fraction of sp³-hybridized carbons (Fsp3) is 0.250. The molecule has 0 atom stereocenters. The normalized spacial score (nSPS) is 11.9. The van der Waals surface area contributed by atoms with Gasteiger partial charge in [0, 0.05) is 16.5 Å². The van der Waals surface area contributed by atoms with E-state index in [-0.39, 0.29) is 11.4 Å². The average Bonchev–Trinajstić information content (AvgIpc) is 3.30. The Labute approximate surface area is 160 Å². The van der Waals surface area contributed by atoms with Crippen LogP contribution in [-0.2, 0) is 5.54 Å². The van der Waals surface area contributed by atoms with Crippen molar-refractivity contribution in [1.29, 1.82) is 0 Å². The molecular formula is C20H20N4O2S. The van der Waals surface area contributed by atoms with E-state index < -0.39 is 0 Å². The zero-order chi connectivity index (χ0) is 19.2. The van der Waals surface area contributed by atoms with Gasteiger partial charge in [-0.2, -0.15) is 5.10 Å². The Bertz CT molecular complexity index is 1100. The number of carbonyl (C=O) groups is 1. The van der Waals surface area contributed by atoms with Crippen LogP contribution in [0.15, 0.2) is 46.3 Å². The quantitative estimate of drug-likeness (QED) is 0.539. The summed E-state index contributed by atoms with van der Waals surface area (Å²) in [6.45, 7) is 8.05. The molecule has 3 heterocycles. The predicted molar refractivity (Wildman–Crippen MR) is 107 cm³/mol. The van der Waals surface area contributed by atoms with Gasteiger partial charge in [0.1, 0.15) is 11.3 Å². The maximum atomic E-state index is 12.6. The molecule has 1 N–H and O–H groups in total. The number of hydrogen-bond donors (Lipinski definition) is 1. The van der Waals surface area contributed by atoms with Crippen molar-refractivity contribution >= 4 is 33.3 Å². The minimum Gasteiger partial charge on any atom is -0.454 e. The molecule has 0 saturated heterocycles. The third-order valence-electron chi connectivity index (χ3n) is 4.29. The van der Waals surface area contributed by atoms with Crippen molar-refractivity contribution in [2.45, 2.75) is 33.2 Å². The zero-order valence-corrected chi connectivity index (χ0v) is 16.4. The van der Waals surface area contributed by atoms with Gasteiger partial charge in [0.05, 0.1) is 17.3 Å². The number of nitrogens with one attached hydrogen (secondary N) is 1. The van der Waals surface area contributed by atoms with Gasteiger partial charge in [-0.1, -0.05) is 18.2 Å². The lowest BCUT2D eigenvalue weighted by Crippen LogP contribution is -2.25. The zero-order valence-electron chi connectivity index (χ0n) is 15.6. The molecule has 1 aromatic carbocycles. The monoisotopic (exact) mass is 380 g/mol. The maximum absolute atomic E-state index is 12.6. The molecule has 0 saturated carbocycles. The Hall–Kier alpha value is -2.93. The Balaban J connectivity index is 1.56. The van der Waals surface area contributed by atoms with Crippen molar-refractivity contribution < 1.29 is 9.21 Å². The van der Waals surface area contributed by atoms with Gasteiger partial charge in [0.15, 0.2) is 10.9 Å². The molecule has 0 radical (unpaired) electrons. The smallest absolute Gasteiger partial charge is 0.260 e. The minimum absolute atomic E-state index is 0.182.